The normalized spacial score (nSPS) is 24.8. The van der Waals surface area contributed by atoms with Gasteiger partial charge in [-0.25, -0.2) is 0 Å². The van der Waals surface area contributed by atoms with Gasteiger partial charge in [-0.1, -0.05) is 6.07 Å². The molecule has 1 atom stereocenters. The molecule has 0 N–H and O–H groups in total. The summed E-state index contributed by atoms with van der Waals surface area (Å²) in [5.41, 5.74) is 4.44. The first kappa shape index (κ1) is 12.7. The van der Waals surface area contributed by atoms with Crippen LogP contribution in [-0.4, -0.2) is 38.3 Å². The lowest BCUT2D eigenvalue weighted by Gasteiger charge is -2.42. The van der Waals surface area contributed by atoms with Gasteiger partial charge in [0.15, 0.2) is 0 Å². The third-order valence-corrected chi connectivity index (χ3v) is 4.82. The molecule has 102 valence electrons. The lowest BCUT2D eigenvalue weighted by atomic mass is 9.92. The summed E-state index contributed by atoms with van der Waals surface area (Å²) in [5.74, 6) is 0.978. The summed E-state index contributed by atoms with van der Waals surface area (Å²) < 4.78 is 6.48. The average Bonchev–Trinajstić information content (AvgIpc) is 2.80. The highest BCUT2D eigenvalue weighted by Gasteiger charge is 2.35. The lowest BCUT2D eigenvalue weighted by molar-refractivity contribution is -0.914. The summed E-state index contributed by atoms with van der Waals surface area (Å²) in [4.78, 5) is 0. The first-order valence-electron chi connectivity index (χ1n) is 7.30. The quantitative estimate of drug-likeness (QED) is 0.740. The van der Waals surface area contributed by atoms with Crippen LogP contribution in [0.4, 0.5) is 0 Å². The van der Waals surface area contributed by atoms with Crippen LogP contribution in [-0.2, 0) is 6.42 Å². The van der Waals surface area contributed by atoms with Crippen LogP contribution in [0.3, 0.4) is 0 Å². The van der Waals surface area contributed by atoms with Crippen molar-refractivity contribution in [2.45, 2.75) is 31.7 Å². The first-order valence-corrected chi connectivity index (χ1v) is 7.30. The molecular weight excluding hydrogens is 234 g/mol. The summed E-state index contributed by atoms with van der Waals surface area (Å²) in [7, 11) is 6.51. The summed E-state index contributed by atoms with van der Waals surface area (Å²) in [6, 6.07) is 7.16. The fraction of sp³-hybridized carbons (Fsp3) is 0.529. The van der Waals surface area contributed by atoms with E-state index < -0.39 is 0 Å². The number of nitrogens with zero attached hydrogens (tertiary/aromatic N) is 1. The largest absolute Gasteiger partial charge is 0.497 e. The minimum Gasteiger partial charge on any atom is -0.497 e. The number of ether oxygens (including phenoxy) is 1. The Kier molecular flexibility index (Phi) is 3.14. The predicted molar refractivity (Wildman–Crippen MR) is 79.3 cm³/mol. The summed E-state index contributed by atoms with van der Waals surface area (Å²) in [6.45, 7) is 1.31. The molecule has 0 aromatic heterocycles. The highest BCUT2D eigenvalue weighted by atomic mass is 16.5. The molecule has 0 bridgehead atoms. The second kappa shape index (κ2) is 4.68. The number of hydrogen-bond donors (Lipinski definition) is 0. The Balaban J connectivity index is 1.86. The molecule has 2 heteroatoms. The number of quaternary nitrogens is 1. The zero-order chi connectivity index (χ0) is 13.5. The van der Waals surface area contributed by atoms with Crippen LogP contribution in [0.2, 0.25) is 0 Å². The Bertz CT molecular complexity index is 516. The van der Waals surface area contributed by atoms with Crippen molar-refractivity contribution in [1.29, 1.82) is 0 Å². The van der Waals surface area contributed by atoms with Crippen LogP contribution < -0.4 is 4.74 Å². The molecule has 19 heavy (non-hydrogen) atoms. The molecule has 1 aromatic rings. The van der Waals surface area contributed by atoms with E-state index in [9.17, 15) is 0 Å². The molecule has 1 fully saturated rings. The van der Waals surface area contributed by atoms with Gasteiger partial charge < -0.3 is 9.22 Å². The van der Waals surface area contributed by atoms with Crippen molar-refractivity contribution in [3.8, 4) is 5.75 Å². The fourth-order valence-electron chi connectivity index (χ4n) is 3.68. The third kappa shape index (κ3) is 2.30. The van der Waals surface area contributed by atoms with Crippen LogP contribution >= 0.6 is 0 Å². The van der Waals surface area contributed by atoms with Gasteiger partial charge in [0.05, 0.1) is 27.7 Å². The fourth-order valence-corrected chi connectivity index (χ4v) is 3.68. The highest BCUT2D eigenvalue weighted by Crippen LogP contribution is 2.36. The standard InChI is InChI=1S/C17H24NO/c1-18(2)9-5-4-6-17(18)15-10-13-7-8-16(19-3)12-14(13)11-15/h7-8,10,12,17H,4-6,9,11H2,1-3H3/q+1. The van der Waals surface area contributed by atoms with E-state index in [1.807, 2.05) is 0 Å². The maximum atomic E-state index is 5.33. The number of piperidine rings is 1. The predicted octanol–water partition coefficient (Wildman–Crippen LogP) is 3.26. The maximum absolute atomic E-state index is 5.33. The molecule has 0 amide bonds. The average molecular weight is 258 g/mol. The van der Waals surface area contributed by atoms with E-state index in [0.717, 1.165) is 16.7 Å². The molecule has 1 heterocycles. The first-order chi connectivity index (χ1) is 9.10. The van der Waals surface area contributed by atoms with Crippen molar-refractivity contribution in [1.82, 2.24) is 0 Å². The Morgan fingerprint density at radius 3 is 2.79 bits per heavy atom. The van der Waals surface area contributed by atoms with Crippen molar-refractivity contribution < 1.29 is 9.22 Å². The minimum absolute atomic E-state index is 0.701. The van der Waals surface area contributed by atoms with Crippen molar-refractivity contribution in [3.63, 3.8) is 0 Å². The van der Waals surface area contributed by atoms with Crippen molar-refractivity contribution in [3.05, 3.63) is 34.9 Å². The van der Waals surface area contributed by atoms with Gasteiger partial charge in [0.2, 0.25) is 0 Å². The SMILES string of the molecule is COc1ccc2c(c1)CC(C1CCCC[N+]1(C)C)=C2. The van der Waals surface area contributed by atoms with Crippen molar-refractivity contribution in [2.24, 2.45) is 0 Å². The minimum atomic E-state index is 0.701. The molecule has 2 nitrogen and oxygen atoms in total. The van der Waals surface area contributed by atoms with Crippen LogP contribution in [0.5, 0.6) is 5.75 Å². The van der Waals surface area contributed by atoms with E-state index in [1.165, 1.54) is 36.9 Å². The third-order valence-electron chi connectivity index (χ3n) is 4.82. The molecule has 1 aliphatic heterocycles. The van der Waals surface area contributed by atoms with E-state index in [0.29, 0.717) is 6.04 Å². The molecular formula is C17H24NO+. The second-order valence-electron chi connectivity index (χ2n) is 6.47. The Morgan fingerprint density at radius 1 is 1.21 bits per heavy atom. The zero-order valence-electron chi connectivity index (χ0n) is 12.3. The summed E-state index contributed by atoms with van der Waals surface area (Å²) in [6.07, 6.45) is 7.62. The van der Waals surface area contributed by atoms with Crippen molar-refractivity contribution >= 4 is 6.08 Å². The molecule has 1 aromatic carbocycles. The van der Waals surface area contributed by atoms with E-state index >= 15 is 0 Å². The van der Waals surface area contributed by atoms with Gasteiger partial charge in [-0.3, -0.25) is 0 Å². The second-order valence-corrected chi connectivity index (χ2v) is 6.47. The van der Waals surface area contributed by atoms with Crippen LogP contribution in [0.25, 0.3) is 6.08 Å². The smallest absolute Gasteiger partial charge is 0.119 e. The molecule has 3 rings (SSSR count). The number of likely N-dealkylation sites (tertiary alicyclic amines) is 1. The molecule has 0 spiro atoms. The van der Waals surface area contributed by atoms with Gasteiger partial charge in [0, 0.05) is 12.8 Å². The highest BCUT2D eigenvalue weighted by molar-refractivity contribution is 5.65. The summed E-state index contributed by atoms with van der Waals surface area (Å²) in [5, 5.41) is 0. The van der Waals surface area contributed by atoms with Crippen molar-refractivity contribution in [2.75, 3.05) is 27.7 Å². The van der Waals surface area contributed by atoms with Gasteiger partial charge in [-0.2, -0.15) is 0 Å². The van der Waals surface area contributed by atoms with Gasteiger partial charge in [0.1, 0.15) is 11.8 Å². The summed E-state index contributed by atoms with van der Waals surface area (Å²) >= 11 is 0. The topological polar surface area (TPSA) is 9.23 Å². The number of rotatable bonds is 2. The number of likely N-dealkylation sites (N-methyl/N-ethyl adjacent to an activating group) is 1. The molecule has 1 unspecified atom stereocenters. The van der Waals surface area contributed by atoms with Crippen LogP contribution in [0.15, 0.2) is 23.8 Å². The Morgan fingerprint density at radius 2 is 2.05 bits per heavy atom. The molecule has 0 saturated carbocycles. The molecule has 0 radical (unpaired) electrons. The van der Waals surface area contributed by atoms with E-state index in [1.54, 1.807) is 12.7 Å². The Hall–Kier alpha value is -1.28. The van der Waals surface area contributed by atoms with E-state index in [-0.39, 0.29) is 0 Å². The molecule has 1 aliphatic carbocycles. The van der Waals surface area contributed by atoms with Crippen LogP contribution in [0, 0.1) is 0 Å². The van der Waals surface area contributed by atoms with Crippen LogP contribution in [0.1, 0.15) is 30.4 Å². The van der Waals surface area contributed by atoms with Gasteiger partial charge >= 0.3 is 0 Å². The van der Waals surface area contributed by atoms with Gasteiger partial charge in [-0.05, 0) is 47.8 Å². The Labute approximate surface area is 116 Å². The number of fused-ring (bicyclic) bond motifs is 1. The molecule has 1 saturated heterocycles. The van der Waals surface area contributed by atoms with E-state index in [2.05, 4.69) is 38.4 Å². The number of methoxy groups -OCH3 is 1. The number of hydrogen-bond acceptors (Lipinski definition) is 1. The van der Waals surface area contributed by atoms with Gasteiger partial charge in [-0.15, -0.1) is 0 Å². The molecule has 2 aliphatic rings. The zero-order valence-corrected chi connectivity index (χ0v) is 12.3. The van der Waals surface area contributed by atoms with Gasteiger partial charge in [0.25, 0.3) is 0 Å². The lowest BCUT2D eigenvalue weighted by Crippen LogP contribution is -2.52. The monoisotopic (exact) mass is 258 g/mol. The maximum Gasteiger partial charge on any atom is 0.119 e. The number of benzene rings is 1. The van der Waals surface area contributed by atoms with E-state index in [4.69, 9.17) is 4.74 Å².